The van der Waals surface area contributed by atoms with Gasteiger partial charge >= 0.3 is 11.9 Å². The van der Waals surface area contributed by atoms with E-state index in [1.165, 1.54) is 7.11 Å². The second-order valence-electron chi connectivity index (χ2n) is 5.67. The molecule has 27 heavy (non-hydrogen) atoms. The zero-order valence-electron chi connectivity index (χ0n) is 16.1. The van der Waals surface area contributed by atoms with Gasteiger partial charge < -0.3 is 14.6 Å². The first-order valence-electron chi connectivity index (χ1n) is 8.01. The van der Waals surface area contributed by atoms with E-state index in [9.17, 15) is 14.7 Å². The number of aliphatic carboxylic acids is 1. The summed E-state index contributed by atoms with van der Waals surface area (Å²) in [5.74, 6) is -0.969. The third-order valence-electron chi connectivity index (χ3n) is 3.69. The topological polar surface area (TPSA) is 72.8 Å². The van der Waals surface area contributed by atoms with Gasteiger partial charge in [0.1, 0.15) is 6.10 Å². The summed E-state index contributed by atoms with van der Waals surface area (Å²) in [5, 5.41) is 9.31. The van der Waals surface area contributed by atoms with E-state index in [1.807, 2.05) is 51.4 Å². The average Bonchev–Trinajstić information content (AvgIpc) is 3.31. The number of methoxy groups -OCH3 is 2. The summed E-state index contributed by atoms with van der Waals surface area (Å²) in [6.07, 6.45) is 16.0. The summed E-state index contributed by atoms with van der Waals surface area (Å²) >= 11 is 0. The summed E-state index contributed by atoms with van der Waals surface area (Å²) in [4.78, 5) is 23.3. The Morgan fingerprint density at radius 2 is 1.33 bits per heavy atom. The molecule has 0 bridgehead atoms. The van der Waals surface area contributed by atoms with Crippen molar-refractivity contribution in [2.45, 2.75) is 20.8 Å². The zero-order valence-corrected chi connectivity index (χ0v) is 17.2. The first-order chi connectivity index (χ1) is 12.3. The third kappa shape index (κ3) is 7.81. The van der Waals surface area contributed by atoms with Crippen molar-refractivity contribution < 1.29 is 41.2 Å². The van der Waals surface area contributed by atoms with Gasteiger partial charge in [-0.3, -0.25) is 0 Å². The van der Waals surface area contributed by atoms with E-state index < -0.39 is 11.9 Å². The zero-order chi connectivity index (χ0) is 19.7. The van der Waals surface area contributed by atoms with Crippen molar-refractivity contribution in [1.29, 1.82) is 0 Å². The molecule has 5 nitrogen and oxygen atoms in total. The summed E-state index contributed by atoms with van der Waals surface area (Å²) in [5.41, 5.74) is 1.24. The van der Waals surface area contributed by atoms with Crippen LogP contribution in [0.2, 0.25) is 0 Å². The fourth-order valence-corrected chi connectivity index (χ4v) is 2.38. The van der Waals surface area contributed by atoms with E-state index in [4.69, 9.17) is 9.47 Å². The number of carbonyl (C=O) groups excluding carboxylic acids is 1. The van der Waals surface area contributed by atoms with Crippen LogP contribution in [0.4, 0.5) is 0 Å². The molecule has 0 amide bonds. The van der Waals surface area contributed by atoms with Gasteiger partial charge in [0.25, 0.3) is 0 Å². The molecule has 0 aromatic rings. The van der Waals surface area contributed by atoms with Crippen LogP contribution in [0.15, 0.2) is 22.3 Å². The average molecular weight is 412 g/mol. The molecular weight excluding hydrogens is 388 g/mol. The first kappa shape index (κ1) is 25.9. The van der Waals surface area contributed by atoms with Crippen molar-refractivity contribution >= 4 is 11.9 Å². The quantitative estimate of drug-likeness (QED) is 0.325. The molecule has 2 aliphatic carbocycles. The summed E-state index contributed by atoms with van der Waals surface area (Å²) in [6, 6.07) is 0. The molecule has 2 fully saturated rings. The van der Waals surface area contributed by atoms with Crippen LogP contribution in [0.1, 0.15) is 20.8 Å². The van der Waals surface area contributed by atoms with Crippen molar-refractivity contribution in [3.05, 3.63) is 85.7 Å². The predicted molar refractivity (Wildman–Crippen MR) is 98.6 cm³/mol. The second kappa shape index (κ2) is 13.1. The van der Waals surface area contributed by atoms with Crippen molar-refractivity contribution in [1.82, 2.24) is 0 Å². The minimum absolute atomic E-state index is 0. The van der Waals surface area contributed by atoms with E-state index in [1.54, 1.807) is 27.9 Å². The molecule has 0 aromatic carbocycles. The van der Waals surface area contributed by atoms with Crippen LogP contribution >= 0.6 is 0 Å². The van der Waals surface area contributed by atoms with Crippen molar-refractivity contribution in [3.8, 4) is 0 Å². The van der Waals surface area contributed by atoms with E-state index >= 15 is 0 Å². The van der Waals surface area contributed by atoms with Crippen LogP contribution in [-0.4, -0.2) is 31.3 Å². The minimum Gasteiger partial charge on any atom is -0.478 e. The van der Waals surface area contributed by atoms with Gasteiger partial charge in [0, 0.05) is 42.9 Å². The second-order valence-corrected chi connectivity index (χ2v) is 5.67. The van der Waals surface area contributed by atoms with Gasteiger partial charge in [0.15, 0.2) is 0 Å². The largest absolute Gasteiger partial charge is 0.478 e. The number of hydrogen-bond acceptors (Lipinski definition) is 4. The Morgan fingerprint density at radius 3 is 1.67 bits per heavy atom. The minimum atomic E-state index is -1.13. The van der Waals surface area contributed by atoms with Crippen LogP contribution in [-0.2, 0) is 36.1 Å². The summed E-state index contributed by atoms with van der Waals surface area (Å²) in [7, 11) is 2.90. The van der Waals surface area contributed by atoms with Gasteiger partial charge in [-0.2, -0.15) is 0 Å². The van der Waals surface area contributed by atoms with E-state index in [0.717, 1.165) is 12.0 Å². The molecule has 0 spiro atoms. The third-order valence-corrected chi connectivity index (χ3v) is 3.69. The Morgan fingerprint density at radius 1 is 0.852 bits per heavy atom. The molecule has 6 heteroatoms. The van der Waals surface area contributed by atoms with Gasteiger partial charge in [-0.25, -0.2) is 9.59 Å². The maximum Gasteiger partial charge on any atom is 0.338 e. The van der Waals surface area contributed by atoms with Crippen LogP contribution in [0, 0.1) is 63.4 Å². The molecule has 0 atom stereocenters. The predicted octanol–water partition coefficient (Wildman–Crippen LogP) is 3.30. The maximum atomic E-state index is 11.9. The molecular formula is C21H24FeO5. The SMILES string of the molecule is COC(=O)/C(C(C(=O)O)=C(C)C)=C(\C)[C]1[CH][CH][CH][CH]1.CO[C]1[CH][CH][CH][CH]1.[Fe]. The monoisotopic (exact) mass is 412 g/mol. The number of carboxylic acid groups (broad SMARTS) is 1. The van der Waals surface area contributed by atoms with Crippen LogP contribution in [0.25, 0.3) is 0 Å². The number of esters is 1. The van der Waals surface area contributed by atoms with Crippen LogP contribution in [0.5, 0.6) is 0 Å². The van der Waals surface area contributed by atoms with Crippen molar-refractivity contribution in [3.63, 3.8) is 0 Å². The molecule has 146 valence electrons. The molecule has 10 radical (unpaired) electrons. The smallest absolute Gasteiger partial charge is 0.338 e. The first-order valence-corrected chi connectivity index (χ1v) is 8.01. The Bertz CT molecular complexity index is 549. The molecule has 0 aliphatic heterocycles. The molecule has 2 aliphatic rings. The van der Waals surface area contributed by atoms with Crippen molar-refractivity contribution in [2.24, 2.45) is 0 Å². The van der Waals surface area contributed by atoms with E-state index in [0.29, 0.717) is 11.1 Å². The van der Waals surface area contributed by atoms with Gasteiger partial charge in [-0.05, 0) is 59.3 Å². The number of carbonyl (C=O) groups is 2. The van der Waals surface area contributed by atoms with Gasteiger partial charge in [-0.1, -0.05) is 11.1 Å². The number of rotatable bonds is 5. The number of ether oxygens (including phenoxy) is 2. The van der Waals surface area contributed by atoms with Crippen LogP contribution < -0.4 is 0 Å². The molecule has 2 rings (SSSR count). The molecule has 0 saturated heterocycles. The molecule has 0 aromatic heterocycles. The maximum absolute atomic E-state index is 11.9. The van der Waals surface area contributed by atoms with Gasteiger partial charge in [0.05, 0.1) is 18.3 Å². The van der Waals surface area contributed by atoms with Gasteiger partial charge in [-0.15, -0.1) is 0 Å². The normalized spacial score (nSPS) is 18.0. The summed E-state index contributed by atoms with van der Waals surface area (Å²) in [6.45, 7) is 5.03. The molecule has 1 N–H and O–H groups in total. The Labute approximate surface area is 174 Å². The fourth-order valence-electron chi connectivity index (χ4n) is 2.38. The Kier molecular flexibility index (Phi) is 12.6. The Balaban J connectivity index is 0.000000708. The standard InChI is InChI=1S/C15H17O4.C6H7O.Fe/c1-9(2)12(14(16)17)13(15(18)19-4)10(3)11-7-5-6-8-11;1-7-6-4-2-3-5-6;/h5-8H,1-4H3,(H,16,17);2-5H,1H3;/b13-10+;;. The number of hydrogen-bond donors (Lipinski definition) is 1. The summed E-state index contributed by atoms with van der Waals surface area (Å²) < 4.78 is 9.57. The Hall–Kier alpha value is -1.10. The molecule has 0 heterocycles. The van der Waals surface area contributed by atoms with E-state index in [2.05, 4.69) is 0 Å². The number of carboxylic acids is 1. The fraction of sp³-hybridized carbons (Fsp3) is 0.238. The molecule has 2 saturated carbocycles. The molecule has 0 unspecified atom stereocenters. The van der Waals surface area contributed by atoms with Crippen LogP contribution in [0.3, 0.4) is 0 Å². The van der Waals surface area contributed by atoms with E-state index in [-0.39, 0.29) is 28.2 Å². The van der Waals surface area contributed by atoms with Gasteiger partial charge in [0.2, 0.25) is 0 Å². The van der Waals surface area contributed by atoms with Crippen molar-refractivity contribution in [2.75, 3.05) is 14.2 Å². The number of allylic oxidation sites excluding steroid dienone is 2.